The first-order valence-corrected chi connectivity index (χ1v) is 7.10. The van der Waals surface area contributed by atoms with Gasteiger partial charge >= 0.3 is 0 Å². The molecule has 18 heavy (non-hydrogen) atoms. The summed E-state index contributed by atoms with van der Waals surface area (Å²) in [5.41, 5.74) is 0. The molecule has 0 amide bonds. The molecule has 0 saturated carbocycles. The Bertz CT molecular complexity index is 110. The van der Waals surface area contributed by atoms with Crippen LogP contribution in [0.2, 0.25) is 0 Å². The molecule has 0 radical (unpaired) electrons. The van der Waals surface area contributed by atoms with Crippen molar-refractivity contribution in [3.8, 4) is 0 Å². The number of aliphatic hydroxyl groups excluding tert-OH is 1. The van der Waals surface area contributed by atoms with E-state index in [1.165, 1.54) is 45.1 Å². The lowest BCUT2D eigenvalue weighted by Crippen LogP contribution is -2.20. The number of hydrogen-bond acceptors (Lipinski definition) is 2. The Labute approximate surface area is 117 Å². The lowest BCUT2D eigenvalue weighted by atomic mass is 10.1. The Kier molecular flexibility index (Phi) is 43.9. The maximum Gasteiger partial charge on any atom is 0.0319 e. The van der Waals surface area contributed by atoms with E-state index >= 15 is 0 Å². The van der Waals surface area contributed by atoms with Crippen LogP contribution in [0.15, 0.2) is 12.7 Å². The summed E-state index contributed by atoms with van der Waals surface area (Å²) in [7, 11) is 1.00. The van der Waals surface area contributed by atoms with E-state index in [0.29, 0.717) is 0 Å². The molecule has 1 fully saturated rings. The summed E-state index contributed by atoms with van der Waals surface area (Å²) >= 11 is 0. The number of unbranched alkanes of at least 4 members (excludes halogenated alkanes) is 2. The zero-order chi connectivity index (χ0) is 13.9. The highest BCUT2D eigenvalue weighted by atomic mass is 16.2. The zero-order valence-electron chi connectivity index (χ0n) is 12.8. The summed E-state index contributed by atoms with van der Waals surface area (Å²) in [6, 6.07) is 0.867. The summed E-state index contributed by atoms with van der Waals surface area (Å²) in [6.45, 7) is 12.8. The van der Waals surface area contributed by atoms with E-state index in [-0.39, 0.29) is 7.43 Å². The van der Waals surface area contributed by atoms with E-state index in [1.54, 1.807) is 6.08 Å². The fourth-order valence-corrected chi connectivity index (χ4v) is 1.64. The highest BCUT2D eigenvalue weighted by Gasteiger charge is 2.12. The van der Waals surface area contributed by atoms with Crippen LogP contribution in [0.5, 0.6) is 0 Å². The Balaban J connectivity index is -0.000000106. The summed E-state index contributed by atoms with van der Waals surface area (Å²) in [4.78, 5) is 0. The van der Waals surface area contributed by atoms with Crippen molar-refractivity contribution in [1.29, 1.82) is 0 Å². The molecule has 1 aliphatic rings. The SMILES string of the molecule is C.C=CC.CC.CCCCCC1CCCN1.CO. The fourth-order valence-electron chi connectivity index (χ4n) is 1.64. The van der Waals surface area contributed by atoms with E-state index in [4.69, 9.17) is 5.11 Å². The van der Waals surface area contributed by atoms with Crippen LogP contribution < -0.4 is 5.32 Å². The van der Waals surface area contributed by atoms with Gasteiger partial charge in [-0.3, -0.25) is 0 Å². The molecule has 2 N–H and O–H groups in total. The average molecular weight is 261 g/mol. The van der Waals surface area contributed by atoms with Gasteiger partial charge in [-0.05, 0) is 32.7 Å². The summed E-state index contributed by atoms with van der Waals surface area (Å²) in [5.74, 6) is 0. The van der Waals surface area contributed by atoms with Gasteiger partial charge in [0.2, 0.25) is 0 Å². The molecule has 0 aromatic carbocycles. The number of rotatable bonds is 4. The molecular weight excluding hydrogens is 222 g/mol. The van der Waals surface area contributed by atoms with Crippen molar-refractivity contribution in [3.63, 3.8) is 0 Å². The molecule has 2 heteroatoms. The van der Waals surface area contributed by atoms with Crippen molar-refractivity contribution in [2.75, 3.05) is 13.7 Å². The first kappa shape index (κ1) is 26.3. The minimum atomic E-state index is 0. The van der Waals surface area contributed by atoms with Gasteiger partial charge in [0, 0.05) is 13.2 Å². The highest BCUT2D eigenvalue weighted by molar-refractivity contribution is 4.73. The van der Waals surface area contributed by atoms with E-state index < -0.39 is 0 Å². The third-order valence-electron chi connectivity index (χ3n) is 2.32. The zero-order valence-corrected chi connectivity index (χ0v) is 12.8. The number of aliphatic hydroxyl groups is 1. The molecule has 2 nitrogen and oxygen atoms in total. The Morgan fingerprint density at radius 3 is 2.11 bits per heavy atom. The van der Waals surface area contributed by atoms with Gasteiger partial charge in [0.05, 0.1) is 0 Å². The number of allylic oxidation sites excluding steroid dienone is 1. The van der Waals surface area contributed by atoms with Gasteiger partial charge < -0.3 is 10.4 Å². The maximum absolute atomic E-state index is 7.00. The predicted molar refractivity (Wildman–Crippen MR) is 87.3 cm³/mol. The second kappa shape index (κ2) is 30.1. The molecule has 0 bridgehead atoms. The van der Waals surface area contributed by atoms with E-state index in [1.807, 2.05) is 20.8 Å². The van der Waals surface area contributed by atoms with Gasteiger partial charge in [-0.25, -0.2) is 0 Å². The molecule has 1 unspecified atom stereocenters. The van der Waals surface area contributed by atoms with Crippen LogP contribution in [0, 0.1) is 0 Å². The van der Waals surface area contributed by atoms with Gasteiger partial charge in [-0.1, -0.05) is 53.5 Å². The predicted octanol–water partition coefficient (Wildman–Crippen LogP) is 4.78. The van der Waals surface area contributed by atoms with Gasteiger partial charge in [0.25, 0.3) is 0 Å². The molecule has 1 heterocycles. The molecule has 1 saturated heterocycles. The molecule has 0 aromatic heterocycles. The maximum atomic E-state index is 7.00. The van der Waals surface area contributed by atoms with Gasteiger partial charge in [0.15, 0.2) is 0 Å². The molecule has 0 spiro atoms. The molecule has 1 atom stereocenters. The Morgan fingerprint density at radius 1 is 1.28 bits per heavy atom. The Hall–Kier alpha value is -0.340. The minimum Gasteiger partial charge on any atom is -0.400 e. The first-order chi connectivity index (χ1) is 8.35. The first-order valence-electron chi connectivity index (χ1n) is 7.10. The minimum absolute atomic E-state index is 0. The van der Waals surface area contributed by atoms with Crippen LogP contribution in [-0.4, -0.2) is 24.8 Å². The molecule has 1 aliphatic heterocycles. The van der Waals surface area contributed by atoms with Crippen molar-refractivity contribution < 1.29 is 5.11 Å². The van der Waals surface area contributed by atoms with Crippen molar-refractivity contribution in [3.05, 3.63) is 12.7 Å². The molecule has 1 rings (SSSR count). The lowest BCUT2D eigenvalue weighted by Gasteiger charge is -2.07. The second-order valence-corrected chi connectivity index (χ2v) is 3.70. The van der Waals surface area contributed by atoms with Crippen molar-refractivity contribution in [2.45, 2.75) is 79.7 Å². The van der Waals surface area contributed by atoms with E-state index in [0.717, 1.165) is 13.2 Å². The van der Waals surface area contributed by atoms with Crippen molar-refractivity contribution in [2.24, 2.45) is 0 Å². The quantitative estimate of drug-likeness (QED) is 0.564. The monoisotopic (exact) mass is 261 g/mol. The molecule has 114 valence electrons. The number of nitrogens with one attached hydrogen (secondary N) is 1. The molecular formula is C16H39NO. The average Bonchev–Trinajstić information content (AvgIpc) is 2.89. The van der Waals surface area contributed by atoms with Crippen LogP contribution in [0.25, 0.3) is 0 Å². The number of hydrogen-bond donors (Lipinski definition) is 2. The van der Waals surface area contributed by atoms with Crippen LogP contribution in [0.3, 0.4) is 0 Å². The summed E-state index contributed by atoms with van der Waals surface area (Å²) in [6.07, 6.45) is 10.2. The smallest absolute Gasteiger partial charge is 0.0319 e. The van der Waals surface area contributed by atoms with Crippen LogP contribution in [0.4, 0.5) is 0 Å². The normalized spacial score (nSPS) is 15.6. The van der Waals surface area contributed by atoms with Gasteiger partial charge in [0.1, 0.15) is 0 Å². The van der Waals surface area contributed by atoms with E-state index in [2.05, 4.69) is 18.8 Å². The molecule has 0 aromatic rings. The lowest BCUT2D eigenvalue weighted by molar-refractivity contribution is 0.399. The van der Waals surface area contributed by atoms with Gasteiger partial charge in [-0.15, -0.1) is 6.58 Å². The largest absolute Gasteiger partial charge is 0.400 e. The fraction of sp³-hybridized carbons (Fsp3) is 0.875. The van der Waals surface area contributed by atoms with Crippen LogP contribution in [-0.2, 0) is 0 Å². The summed E-state index contributed by atoms with van der Waals surface area (Å²) in [5, 5.41) is 10.5. The van der Waals surface area contributed by atoms with Crippen LogP contribution >= 0.6 is 0 Å². The standard InChI is InChI=1S/C9H19N.C3H6.C2H6.CH4O.CH4/c1-2-3-4-6-9-7-5-8-10-9;1-3-2;2*1-2;/h9-10H,2-8H2,1H3;3H,1H2,2H3;1-2H3;2H,1H3;1H4. The van der Waals surface area contributed by atoms with Gasteiger partial charge in [-0.2, -0.15) is 0 Å². The summed E-state index contributed by atoms with van der Waals surface area (Å²) < 4.78 is 0. The molecule has 0 aliphatic carbocycles. The third-order valence-corrected chi connectivity index (χ3v) is 2.32. The second-order valence-electron chi connectivity index (χ2n) is 3.70. The third kappa shape index (κ3) is 24.8. The van der Waals surface area contributed by atoms with Crippen LogP contribution in [0.1, 0.15) is 73.6 Å². The van der Waals surface area contributed by atoms with E-state index in [9.17, 15) is 0 Å². The van der Waals surface area contributed by atoms with Crippen molar-refractivity contribution in [1.82, 2.24) is 5.32 Å². The highest BCUT2D eigenvalue weighted by Crippen LogP contribution is 2.12. The van der Waals surface area contributed by atoms with Crippen molar-refractivity contribution >= 4 is 0 Å². The Morgan fingerprint density at radius 2 is 1.78 bits per heavy atom. The topological polar surface area (TPSA) is 32.3 Å².